The van der Waals surface area contributed by atoms with Gasteiger partial charge in [-0.05, 0) is 12.1 Å². The van der Waals surface area contributed by atoms with Crippen molar-refractivity contribution in [3.63, 3.8) is 0 Å². The van der Waals surface area contributed by atoms with Gasteiger partial charge < -0.3 is 4.52 Å². The van der Waals surface area contributed by atoms with E-state index in [2.05, 4.69) is 10.1 Å². The number of aromatic nitrogens is 2. The Balaban J connectivity index is 1.50. The molecule has 0 bridgehead atoms. The van der Waals surface area contributed by atoms with Crippen LogP contribution in [0.5, 0.6) is 0 Å². The fourth-order valence-electron chi connectivity index (χ4n) is 3.39. The Morgan fingerprint density at radius 2 is 1.78 bits per heavy atom. The van der Waals surface area contributed by atoms with E-state index >= 15 is 0 Å². The molecular formula is C16H16N4O3. The van der Waals surface area contributed by atoms with Crippen molar-refractivity contribution in [2.24, 2.45) is 11.8 Å². The molecule has 3 heterocycles. The summed E-state index contributed by atoms with van der Waals surface area (Å²) in [5, 5.41) is 3.87. The minimum absolute atomic E-state index is 0.113. The van der Waals surface area contributed by atoms with Crippen LogP contribution in [0, 0.1) is 18.8 Å². The molecule has 2 amide bonds. The third-order valence-electron chi connectivity index (χ3n) is 4.42. The fraction of sp³-hybridized carbons (Fsp3) is 0.375. The van der Waals surface area contributed by atoms with Gasteiger partial charge in [0.2, 0.25) is 17.7 Å². The number of amides is 2. The maximum atomic E-state index is 12.6. The second-order valence-corrected chi connectivity index (χ2v) is 5.98. The summed E-state index contributed by atoms with van der Waals surface area (Å²) >= 11 is 0. The van der Waals surface area contributed by atoms with Gasteiger partial charge in [-0.1, -0.05) is 23.4 Å². The highest BCUT2D eigenvalue weighted by Gasteiger charge is 2.52. The van der Waals surface area contributed by atoms with Crippen LogP contribution in [0.3, 0.4) is 0 Å². The minimum Gasteiger partial charge on any atom is -0.340 e. The Hall–Kier alpha value is -2.54. The van der Waals surface area contributed by atoms with E-state index in [0.29, 0.717) is 37.0 Å². The van der Waals surface area contributed by atoms with Gasteiger partial charge in [-0.25, -0.2) is 4.90 Å². The van der Waals surface area contributed by atoms with Crippen molar-refractivity contribution in [2.75, 3.05) is 18.0 Å². The lowest BCUT2D eigenvalue weighted by Crippen LogP contribution is -2.36. The number of anilines is 1. The van der Waals surface area contributed by atoms with Crippen molar-refractivity contribution in [1.29, 1.82) is 0 Å². The summed E-state index contributed by atoms with van der Waals surface area (Å²) in [6, 6.07) is 9.10. The monoisotopic (exact) mass is 312 g/mol. The summed E-state index contributed by atoms with van der Waals surface area (Å²) in [5.74, 6) is 0.312. The lowest BCUT2D eigenvalue weighted by molar-refractivity contribution is -0.123. The number of rotatable bonds is 3. The smallest absolute Gasteiger partial charge is 0.239 e. The number of benzene rings is 1. The Morgan fingerprint density at radius 1 is 1.13 bits per heavy atom. The van der Waals surface area contributed by atoms with Crippen LogP contribution in [0.2, 0.25) is 0 Å². The number of carbonyl (C=O) groups excluding carboxylic acids is 2. The average Bonchev–Trinajstić information content (AvgIpc) is 3.20. The normalized spacial score (nSPS) is 24.5. The number of aryl methyl sites for hydroxylation is 1. The van der Waals surface area contributed by atoms with E-state index in [0.717, 1.165) is 0 Å². The van der Waals surface area contributed by atoms with Crippen molar-refractivity contribution in [2.45, 2.75) is 13.5 Å². The molecular weight excluding hydrogens is 296 g/mol. The van der Waals surface area contributed by atoms with Crippen LogP contribution in [-0.2, 0) is 16.1 Å². The number of likely N-dealkylation sites (tertiary alicyclic amines) is 1. The standard InChI is InChI=1S/C16H16N4O3/c1-10-17-14(18-23-10)9-19-7-12-13(8-19)16(22)20(15(12)21)11-5-3-2-4-6-11/h2-6,12-13H,7-9H2,1H3. The molecule has 118 valence electrons. The van der Waals surface area contributed by atoms with Gasteiger partial charge in [0, 0.05) is 20.0 Å². The van der Waals surface area contributed by atoms with Crippen molar-refractivity contribution in [3.05, 3.63) is 42.0 Å². The molecule has 1 aromatic heterocycles. The molecule has 7 nitrogen and oxygen atoms in total. The van der Waals surface area contributed by atoms with Crippen molar-refractivity contribution in [3.8, 4) is 0 Å². The van der Waals surface area contributed by atoms with Gasteiger partial charge in [-0.15, -0.1) is 0 Å². The number of imide groups is 1. The second-order valence-electron chi connectivity index (χ2n) is 5.98. The van der Waals surface area contributed by atoms with E-state index in [1.807, 2.05) is 23.1 Å². The molecule has 0 radical (unpaired) electrons. The first-order valence-corrected chi connectivity index (χ1v) is 7.58. The molecule has 2 saturated heterocycles. The molecule has 0 spiro atoms. The number of nitrogens with zero attached hydrogens (tertiary/aromatic N) is 4. The molecule has 0 aliphatic carbocycles. The predicted octanol–water partition coefficient (Wildman–Crippen LogP) is 0.999. The summed E-state index contributed by atoms with van der Waals surface area (Å²) in [7, 11) is 0. The van der Waals surface area contributed by atoms with Crippen LogP contribution < -0.4 is 4.90 Å². The molecule has 2 aliphatic heterocycles. The van der Waals surface area contributed by atoms with Gasteiger partial charge in [-0.2, -0.15) is 4.98 Å². The molecule has 1 aromatic carbocycles. The minimum atomic E-state index is -0.282. The van der Waals surface area contributed by atoms with Crippen LogP contribution in [0.15, 0.2) is 34.9 Å². The number of hydrogen-bond acceptors (Lipinski definition) is 6. The molecule has 2 unspecified atom stereocenters. The summed E-state index contributed by atoms with van der Waals surface area (Å²) in [6.07, 6.45) is 0. The van der Waals surface area contributed by atoms with Gasteiger partial charge in [0.25, 0.3) is 0 Å². The predicted molar refractivity (Wildman–Crippen MR) is 80.2 cm³/mol. The topological polar surface area (TPSA) is 79.5 Å². The van der Waals surface area contributed by atoms with Crippen molar-refractivity contribution in [1.82, 2.24) is 15.0 Å². The van der Waals surface area contributed by atoms with E-state index in [1.165, 1.54) is 4.90 Å². The Kier molecular flexibility index (Phi) is 3.23. The zero-order valence-electron chi connectivity index (χ0n) is 12.7. The van der Waals surface area contributed by atoms with Crippen LogP contribution in [0.4, 0.5) is 5.69 Å². The fourth-order valence-corrected chi connectivity index (χ4v) is 3.39. The maximum Gasteiger partial charge on any atom is 0.239 e. The van der Waals surface area contributed by atoms with Gasteiger partial charge >= 0.3 is 0 Å². The van der Waals surface area contributed by atoms with E-state index in [1.54, 1.807) is 19.1 Å². The highest BCUT2D eigenvalue weighted by molar-refractivity contribution is 6.22. The molecule has 0 saturated carbocycles. The number of hydrogen-bond donors (Lipinski definition) is 0. The quantitative estimate of drug-likeness (QED) is 0.787. The maximum absolute atomic E-state index is 12.6. The van der Waals surface area contributed by atoms with Crippen LogP contribution in [-0.4, -0.2) is 39.9 Å². The third kappa shape index (κ3) is 2.33. The zero-order chi connectivity index (χ0) is 16.0. The zero-order valence-corrected chi connectivity index (χ0v) is 12.7. The summed E-state index contributed by atoms with van der Waals surface area (Å²) < 4.78 is 4.96. The molecule has 4 rings (SSSR count). The van der Waals surface area contributed by atoms with Gasteiger partial charge in [0.05, 0.1) is 24.1 Å². The number of para-hydroxylation sites is 1. The van der Waals surface area contributed by atoms with Gasteiger partial charge in [0.15, 0.2) is 5.82 Å². The van der Waals surface area contributed by atoms with Gasteiger partial charge in [0.1, 0.15) is 0 Å². The summed E-state index contributed by atoms with van der Waals surface area (Å²) in [4.78, 5) is 32.8. The molecule has 2 fully saturated rings. The number of carbonyl (C=O) groups is 2. The highest BCUT2D eigenvalue weighted by Crippen LogP contribution is 2.36. The molecule has 0 N–H and O–H groups in total. The van der Waals surface area contributed by atoms with Crippen molar-refractivity contribution < 1.29 is 14.1 Å². The first-order valence-electron chi connectivity index (χ1n) is 7.58. The lowest BCUT2D eigenvalue weighted by Gasteiger charge is -2.19. The first-order chi connectivity index (χ1) is 11.1. The third-order valence-corrected chi connectivity index (χ3v) is 4.42. The summed E-state index contributed by atoms with van der Waals surface area (Å²) in [5.41, 5.74) is 0.650. The Labute approximate surface area is 132 Å². The molecule has 2 atom stereocenters. The summed E-state index contributed by atoms with van der Waals surface area (Å²) in [6.45, 7) is 3.33. The lowest BCUT2D eigenvalue weighted by atomic mass is 10.00. The number of fused-ring (bicyclic) bond motifs is 1. The SMILES string of the molecule is Cc1nc(CN2CC3C(=O)N(c4ccccc4)C(=O)C3C2)no1. The second kappa shape index (κ2) is 5.27. The first kappa shape index (κ1) is 14.1. The highest BCUT2D eigenvalue weighted by atomic mass is 16.5. The average molecular weight is 312 g/mol. The van der Waals surface area contributed by atoms with Gasteiger partial charge in [-0.3, -0.25) is 14.5 Å². The molecule has 2 aliphatic rings. The Bertz CT molecular complexity index is 734. The molecule has 23 heavy (non-hydrogen) atoms. The largest absolute Gasteiger partial charge is 0.340 e. The van der Waals surface area contributed by atoms with E-state index < -0.39 is 0 Å². The van der Waals surface area contributed by atoms with E-state index in [4.69, 9.17) is 4.52 Å². The van der Waals surface area contributed by atoms with E-state index in [-0.39, 0.29) is 23.7 Å². The van der Waals surface area contributed by atoms with E-state index in [9.17, 15) is 9.59 Å². The molecule has 2 aromatic rings. The van der Waals surface area contributed by atoms with Crippen molar-refractivity contribution >= 4 is 17.5 Å². The van der Waals surface area contributed by atoms with Crippen LogP contribution >= 0.6 is 0 Å². The molecule has 7 heteroatoms. The Morgan fingerprint density at radius 3 is 2.35 bits per heavy atom. The van der Waals surface area contributed by atoms with Crippen LogP contribution in [0.1, 0.15) is 11.7 Å². The van der Waals surface area contributed by atoms with Crippen LogP contribution in [0.25, 0.3) is 0 Å².